The van der Waals surface area contributed by atoms with Crippen molar-refractivity contribution in [3.63, 3.8) is 0 Å². The van der Waals surface area contributed by atoms with Crippen LogP contribution in [-0.2, 0) is 12.8 Å². The van der Waals surface area contributed by atoms with Crippen LogP contribution in [0.1, 0.15) is 24.0 Å². The van der Waals surface area contributed by atoms with Gasteiger partial charge in [-0.3, -0.25) is 0 Å². The van der Waals surface area contributed by atoms with E-state index in [1.165, 1.54) is 32.4 Å². The van der Waals surface area contributed by atoms with E-state index in [9.17, 15) is 0 Å². The summed E-state index contributed by atoms with van der Waals surface area (Å²) in [4.78, 5) is 5.00. The normalized spacial score (nSPS) is 13.5. The molecule has 0 saturated carbocycles. The molecule has 162 valence electrons. The number of thiophene rings is 2. The standard InChI is InChI=1S/C26H23NOS4/c1-2-9-22(10-3-1)28-23(27-21-14-13-19-7-4-8-20(19)17-21)18-26(31-24-11-5-15-29-24)32-25-12-6-16-30-25/h1-3,5-6,9-17,26H,4,7-8,18H2/b27-23-. The highest BCUT2D eigenvalue weighted by Gasteiger charge is 2.19. The number of para-hydroxylation sites is 1. The number of ether oxygens (including phenoxy) is 1. The maximum Gasteiger partial charge on any atom is 0.197 e. The van der Waals surface area contributed by atoms with E-state index in [0.717, 1.165) is 30.2 Å². The van der Waals surface area contributed by atoms with Gasteiger partial charge in [0.05, 0.1) is 18.7 Å². The highest BCUT2D eigenvalue weighted by atomic mass is 32.2. The summed E-state index contributed by atoms with van der Waals surface area (Å²) in [6.45, 7) is 0. The number of hydrogen-bond acceptors (Lipinski definition) is 6. The van der Waals surface area contributed by atoms with Gasteiger partial charge < -0.3 is 4.74 Å². The Labute approximate surface area is 205 Å². The van der Waals surface area contributed by atoms with Gasteiger partial charge in [-0.05, 0) is 77.5 Å². The third-order valence-corrected chi connectivity index (χ3v) is 9.79. The van der Waals surface area contributed by atoms with Crippen molar-refractivity contribution >= 4 is 57.8 Å². The lowest BCUT2D eigenvalue weighted by atomic mass is 10.1. The lowest BCUT2D eigenvalue weighted by molar-refractivity contribution is 0.535. The second-order valence-corrected chi connectivity index (χ2v) is 12.7. The van der Waals surface area contributed by atoms with Crippen LogP contribution < -0.4 is 4.74 Å². The van der Waals surface area contributed by atoms with Crippen LogP contribution in [0.25, 0.3) is 0 Å². The number of benzene rings is 2. The Bertz CT molecular complexity index is 1120. The van der Waals surface area contributed by atoms with Crippen molar-refractivity contribution in [3.8, 4) is 5.75 Å². The van der Waals surface area contributed by atoms with Crippen molar-refractivity contribution < 1.29 is 4.74 Å². The van der Waals surface area contributed by atoms with E-state index in [4.69, 9.17) is 9.73 Å². The molecule has 0 saturated heterocycles. The largest absolute Gasteiger partial charge is 0.443 e. The molecule has 1 aliphatic rings. The summed E-state index contributed by atoms with van der Waals surface area (Å²) in [6, 6.07) is 25.2. The topological polar surface area (TPSA) is 21.6 Å². The van der Waals surface area contributed by atoms with Crippen LogP contribution in [0.3, 0.4) is 0 Å². The number of hydrogen-bond donors (Lipinski definition) is 0. The molecule has 0 bridgehead atoms. The average molecular weight is 494 g/mol. The zero-order chi connectivity index (χ0) is 21.6. The Morgan fingerprint density at radius 2 is 1.56 bits per heavy atom. The molecule has 4 aromatic rings. The fraction of sp³-hybridized carbons (Fsp3) is 0.192. The van der Waals surface area contributed by atoms with Gasteiger partial charge in [0.15, 0.2) is 5.90 Å². The smallest absolute Gasteiger partial charge is 0.197 e. The number of nitrogens with zero attached hydrogens (tertiary/aromatic N) is 1. The fourth-order valence-electron chi connectivity index (χ4n) is 3.68. The molecule has 0 aliphatic heterocycles. The van der Waals surface area contributed by atoms with Crippen molar-refractivity contribution in [3.05, 3.63) is 94.7 Å². The van der Waals surface area contributed by atoms with Gasteiger partial charge in [0.25, 0.3) is 0 Å². The molecule has 0 unspecified atom stereocenters. The molecule has 2 nitrogen and oxygen atoms in total. The van der Waals surface area contributed by atoms with Crippen molar-refractivity contribution in [2.24, 2.45) is 4.99 Å². The Morgan fingerprint density at radius 3 is 2.25 bits per heavy atom. The first-order valence-corrected chi connectivity index (χ1v) is 14.2. The lowest BCUT2D eigenvalue weighted by Crippen LogP contribution is -2.14. The summed E-state index contributed by atoms with van der Waals surface area (Å²) < 4.78 is 9.24. The average Bonchev–Trinajstić information content (AvgIpc) is 3.57. The molecule has 5 rings (SSSR count). The zero-order valence-electron chi connectivity index (χ0n) is 17.5. The van der Waals surface area contributed by atoms with E-state index in [0.29, 0.717) is 0 Å². The number of rotatable bonds is 8. The fourth-order valence-corrected chi connectivity index (χ4v) is 8.51. The molecule has 2 aromatic heterocycles. The minimum Gasteiger partial charge on any atom is -0.443 e. The van der Waals surface area contributed by atoms with Gasteiger partial charge in [0.1, 0.15) is 5.75 Å². The Morgan fingerprint density at radius 1 is 0.844 bits per heavy atom. The number of aliphatic imine (C=N–C) groups is 1. The summed E-state index contributed by atoms with van der Waals surface area (Å²) in [7, 11) is 0. The second-order valence-electron chi connectivity index (χ2n) is 7.46. The highest BCUT2D eigenvalue weighted by Crippen LogP contribution is 2.41. The zero-order valence-corrected chi connectivity index (χ0v) is 20.7. The van der Waals surface area contributed by atoms with Crippen LogP contribution in [0.5, 0.6) is 5.75 Å². The summed E-state index contributed by atoms with van der Waals surface area (Å²) in [5.41, 5.74) is 3.88. The molecule has 0 amide bonds. The van der Waals surface area contributed by atoms with Crippen LogP contribution in [0.15, 0.2) is 97.0 Å². The van der Waals surface area contributed by atoms with Gasteiger partial charge in [0.2, 0.25) is 0 Å². The van der Waals surface area contributed by atoms with E-state index < -0.39 is 0 Å². The third kappa shape index (κ3) is 5.87. The van der Waals surface area contributed by atoms with E-state index in [-0.39, 0.29) is 4.58 Å². The van der Waals surface area contributed by atoms with E-state index in [1.54, 1.807) is 22.7 Å². The molecule has 6 heteroatoms. The minimum atomic E-state index is 0.268. The SMILES string of the molecule is c1ccc(O/C(CC(Sc2cccs2)Sc2cccs2)=N\c2ccc3c(c2)CCC3)cc1. The number of aryl methyl sites for hydroxylation is 2. The van der Waals surface area contributed by atoms with E-state index in [2.05, 4.69) is 53.2 Å². The van der Waals surface area contributed by atoms with E-state index in [1.807, 2.05) is 53.9 Å². The predicted molar refractivity (Wildman–Crippen MR) is 141 cm³/mol. The summed E-state index contributed by atoms with van der Waals surface area (Å²) in [6.07, 6.45) is 4.31. The Hall–Kier alpha value is -1.99. The summed E-state index contributed by atoms with van der Waals surface area (Å²) in [5, 5.41) is 4.27. The monoisotopic (exact) mass is 493 g/mol. The maximum atomic E-state index is 6.34. The Kier molecular flexibility index (Phi) is 7.34. The first kappa shape index (κ1) is 21.8. The van der Waals surface area contributed by atoms with Crippen LogP contribution in [-0.4, -0.2) is 10.5 Å². The van der Waals surface area contributed by atoms with Gasteiger partial charge in [-0.2, -0.15) is 0 Å². The van der Waals surface area contributed by atoms with Gasteiger partial charge >= 0.3 is 0 Å². The molecule has 0 atom stereocenters. The highest BCUT2D eigenvalue weighted by molar-refractivity contribution is 8.18. The van der Waals surface area contributed by atoms with E-state index >= 15 is 0 Å². The minimum absolute atomic E-state index is 0.268. The third-order valence-electron chi connectivity index (χ3n) is 5.14. The predicted octanol–water partition coefficient (Wildman–Crippen LogP) is 8.71. The van der Waals surface area contributed by atoms with Gasteiger partial charge in [0, 0.05) is 6.42 Å². The number of fused-ring (bicyclic) bond motifs is 1. The van der Waals surface area contributed by atoms with Crippen LogP contribution in [0.2, 0.25) is 0 Å². The quantitative estimate of drug-likeness (QED) is 0.106. The van der Waals surface area contributed by atoms with Crippen molar-refractivity contribution in [1.29, 1.82) is 0 Å². The molecule has 2 heterocycles. The van der Waals surface area contributed by atoms with Crippen molar-refractivity contribution in [2.75, 3.05) is 0 Å². The van der Waals surface area contributed by atoms with Crippen LogP contribution >= 0.6 is 46.2 Å². The van der Waals surface area contributed by atoms with Crippen LogP contribution in [0.4, 0.5) is 5.69 Å². The summed E-state index contributed by atoms with van der Waals surface area (Å²) >= 11 is 7.35. The van der Waals surface area contributed by atoms with Gasteiger partial charge in [-0.1, -0.05) is 36.4 Å². The van der Waals surface area contributed by atoms with Crippen LogP contribution in [0, 0.1) is 0 Å². The molecule has 0 N–H and O–H groups in total. The number of thioether (sulfide) groups is 2. The molecule has 0 radical (unpaired) electrons. The molecule has 1 aliphatic carbocycles. The van der Waals surface area contributed by atoms with Gasteiger partial charge in [-0.25, -0.2) is 4.99 Å². The maximum absolute atomic E-state index is 6.34. The first-order chi connectivity index (χ1) is 15.8. The molecule has 2 aromatic carbocycles. The Balaban J connectivity index is 1.43. The molecule has 0 spiro atoms. The van der Waals surface area contributed by atoms with Crippen molar-refractivity contribution in [2.45, 2.75) is 38.7 Å². The summed E-state index contributed by atoms with van der Waals surface area (Å²) in [5.74, 6) is 1.58. The van der Waals surface area contributed by atoms with Gasteiger partial charge in [-0.15, -0.1) is 46.2 Å². The molecule has 0 fully saturated rings. The second kappa shape index (κ2) is 10.8. The lowest BCUT2D eigenvalue weighted by Gasteiger charge is -2.17. The van der Waals surface area contributed by atoms with Crippen molar-refractivity contribution in [1.82, 2.24) is 0 Å². The molecular formula is C26H23NOS4. The molecular weight excluding hydrogens is 471 g/mol. The first-order valence-electron chi connectivity index (χ1n) is 10.6. The molecule has 32 heavy (non-hydrogen) atoms.